The lowest BCUT2D eigenvalue weighted by Crippen LogP contribution is -2.59. The van der Waals surface area contributed by atoms with Crippen LogP contribution in [0, 0.1) is 5.92 Å². The summed E-state index contributed by atoms with van der Waals surface area (Å²) in [4.78, 5) is 14.5. The summed E-state index contributed by atoms with van der Waals surface area (Å²) in [6.07, 6.45) is 8.45. The molecule has 1 aliphatic carbocycles. The highest BCUT2D eigenvalue weighted by Gasteiger charge is 2.29. The molecule has 0 atom stereocenters. The zero-order chi connectivity index (χ0) is 12.1. The number of amides is 1. The van der Waals surface area contributed by atoms with Crippen molar-refractivity contribution < 1.29 is 4.79 Å². The van der Waals surface area contributed by atoms with E-state index in [0.29, 0.717) is 17.9 Å². The fourth-order valence-corrected chi connectivity index (χ4v) is 3.00. The Labute approximate surface area is 105 Å². The van der Waals surface area contributed by atoms with Crippen LogP contribution >= 0.6 is 0 Å². The fourth-order valence-electron chi connectivity index (χ4n) is 3.00. The molecule has 0 aromatic rings. The highest BCUT2D eigenvalue weighted by molar-refractivity contribution is 5.77. The molecule has 1 saturated carbocycles. The second-order valence-corrected chi connectivity index (χ2v) is 5.61. The van der Waals surface area contributed by atoms with Crippen LogP contribution in [0.4, 0.5) is 0 Å². The second-order valence-electron chi connectivity index (χ2n) is 5.61. The molecule has 3 nitrogen and oxygen atoms in total. The van der Waals surface area contributed by atoms with Gasteiger partial charge in [0.1, 0.15) is 0 Å². The van der Waals surface area contributed by atoms with E-state index in [1.54, 1.807) is 0 Å². The van der Waals surface area contributed by atoms with Crippen molar-refractivity contribution in [2.45, 2.75) is 57.9 Å². The molecule has 0 aromatic carbocycles. The molecule has 1 heterocycles. The molecule has 17 heavy (non-hydrogen) atoms. The molecule has 2 aliphatic rings. The van der Waals surface area contributed by atoms with Gasteiger partial charge in [0.25, 0.3) is 0 Å². The van der Waals surface area contributed by atoms with Crippen LogP contribution in [0.2, 0.25) is 0 Å². The van der Waals surface area contributed by atoms with Crippen LogP contribution < -0.4 is 5.32 Å². The van der Waals surface area contributed by atoms with Gasteiger partial charge in [0, 0.05) is 26.1 Å². The van der Waals surface area contributed by atoms with E-state index in [1.807, 2.05) is 0 Å². The lowest BCUT2D eigenvalue weighted by atomic mass is 9.86. The molecule has 2 fully saturated rings. The monoisotopic (exact) mass is 238 g/mol. The molecule has 1 N–H and O–H groups in total. The normalized spacial score (nSPS) is 22.2. The van der Waals surface area contributed by atoms with Gasteiger partial charge in [-0.15, -0.1) is 0 Å². The molecule has 0 bridgehead atoms. The van der Waals surface area contributed by atoms with E-state index in [-0.39, 0.29) is 0 Å². The van der Waals surface area contributed by atoms with Crippen molar-refractivity contribution in [3.8, 4) is 0 Å². The standard InChI is InChI=1S/C14H26N2O/c1-2-8-16(13-10-15-11-13)14(17)9-12-6-4-3-5-7-12/h12-13,15H,2-11H2,1H3. The van der Waals surface area contributed by atoms with Crippen LogP contribution in [0.25, 0.3) is 0 Å². The Kier molecular flexibility index (Phi) is 4.84. The number of hydrogen-bond acceptors (Lipinski definition) is 2. The quantitative estimate of drug-likeness (QED) is 0.796. The Bertz CT molecular complexity index is 245. The van der Waals surface area contributed by atoms with E-state index in [9.17, 15) is 4.79 Å². The van der Waals surface area contributed by atoms with Gasteiger partial charge in [0.2, 0.25) is 5.91 Å². The van der Waals surface area contributed by atoms with E-state index in [1.165, 1.54) is 32.1 Å². The summed E-state index contributed by atoms with van der Waals surface area (Å²) in [6.45, 7) is 5.09. The molecular formula is C14H26N2O. The molecule has 1 amide bonds. The molecule has 0 radical (unpaired) electrons. The van der Waals surface area contributed by atoms with Crippen molar-refractivity contribution in [3.63, 3.8) is 0 Å². The van der Waals surface area contributed by atoms with E-state index in [4.69, 9.17) is 0 Å². The number of rotatable bonds is 5. The zero-order valence-electron chi connectivity index (χ0n) is 11.1. The first-order valence-electron chi connectivity index (χ1n) is 7.31. The summed E-state index contributed by atoms with van der Waals surface area (Å²) in [5.41, 5.74) is 0. The Balaban J connectivity index is 1.81. The molecule has 0 aromatic heterocycles. The maximum Gasteiger partial charge on any atom is 0.223 e. The average Bonchev–Trinajstić information content (AvgIpc) is 2.27. The van der Waals surface area contributed by atoms with Gasteiger partial charge in [-0.05, 0) is 25.2 Å². The molecule has 0 unspecified atom stereocenters. The van der Waals surface area contributed by atoms with Crippen LogP contribution in [0.5, 0.6) is 0 Å². The van der Waals surface area contributed by atoms with Crippen molar-refractivity contribution >= 4 is 5.91 Å². The summed E-state index contributed by atoms with van der Waals surface area (Å²) >= 11 is 0. The van der Waals surface area contributed by atoms with Gasteiger partial charge in [-0.3, -0.25) is 4.79 Å². The number of hydrogen-bond donors (Lipinski definition) is 1. The van der Waals surface area contributed by atoms with Crippen LogP contribution in [0.15, 0.2) is 0 Å². The summed E-state index contributed by atoms with van der Waals surface area (Å²) in [5.74, 6) is 1.08. The average molecular weight is 238 g/mol. The van der Waals surface area contributed by atoms with Crippen LogP contribution in [-0.2, 0) is 4.79 Å². The van der Waals surface area contributed by atoms with Crippen LogP contribution in [0.1, 0.15) is 51.9 Å². The summed E-state index contributed by atoms with van der Waals surface area (Å²) in [5, 5.41) is 3.26. The molecule has 1 aliphatic heterocycles. The van der Waals surface area contributed by atoms with Crippen molar-refractivity contribution in [2.24, 2.45) is 5.92 Å². The maximum absolute atomic E-state index is 12.3. The third-order valence-corrected chi connectivity index (χ3v) is 4.17. The third kappa shape index (κ3) is 3.44. The van der Waals surface area contributed by atoms with Gasteiger partial charge in [0.15, 0.2) is 0 Å². The van der Waals surface area contributed by atoms with Gasteiger partial charge < -0.3 is 10.2 Å². The minimum absolute atomic E-state index is 0.408. The maximum atomic E-state index is 12.3. The first-order chi connectivity index (χ1) is 8.31. The number of nitrogens with one attached hydrogen (secondary N) is 1. The van der Waals surface area contributed by atoms with Crippen LogP contribution in [-0.4, -0.2) is 36.5 Å². The van der Waals surface area contributed by atoms with Gasteiger partial charge in [0.05, 0.1) is 6.04 Å². The van der Waals surface area contributed by atoms with E-state index < -0.39 is 0 Å². The van der Waals surface area contributed by atoms with Gasteiger partial charge in [-0.2, -0.15) is 0 Å². The molecule has 1 saturated heterocycles. The molecular weight excluding hydrogens is 212 g/mol. The Morgan fingerprint density at radius 2 is 1.94 bits per heavy atom. The SMILES string of the molecule is CCCN(C(=O)CC1CCCCC1)C1CNC1. The molecule has 3 heteroatoms. The number of carbonyl (C=O) groups excluding carboxylic acids is 1. The lowest BCUT2D eigenvalue weighted by molar-refractivity contribution is -0.135. The molecule has 98 valence electrons. The van der Waals surface area contributed by atoms with Gasteiger partial charge in [-0.1, -0.05) is 26.2 Å². The van der Waals surface area contributed by atoms with Crippen molar-refractivity contribution in [2.75, 3.05) is 19.6 Å². The zero-order valence-corrected chi connectivity index (χ0v) is 11.1. The number of carbonyl (C=O) groups is 1. The minimum Gasteiger partial charge on any atom is -0.337 e. The Morgan fingerprint density at radius 3 is 2.47 bits per heavy atom. The topological polar surface area (TPSA) is 32.3 Å². The van der Waals surface area contributed by atoms with E-state index in [0.717, 1.165) is 32.5 Å². The van der Waals surface area contributed by atoms with Crippen LogP contribution in [0.3, 0.4) is 0 Å². The first-order valence-corrected chi connectivity index (χ1v) is 7.31. The predicted octanol–water partition coefficient (Wildman–Crippen LogP) is 2.17. The van der Waals surface area contributed by atoms with E-state index in [2.05, 4.69) is 17.1 Å². The Morgan fingerprint density at radius 1 is 1.24 bits per heavy atom. The van der Waals surface area contributed by atoms with Gasteiger partial charge >= 0.3 is 0 Å². The molecule has 0 spiro atoms. The van der Waals surface area contributed by atoms with Crippen molar-refractivity contribution in [1.82, 2.24) is 10.2 Å². The lowest BCUT2D eigenvalue weighted by Gasteiger charge is -2.39. The second kappa shape index (κ2) is 6.39. The van der Waals surface area contributed by atoms with E-state index >= 15 is 0 Å². The fraction of sp³-hybridized carbons (Fsp3) is 0.929. The predicted molar refractivity (Wildman–Crippen MR) is 69.9 cm³/mol. The van der Waals surface area contributed by atoms with Crippen molar-refractivity contribution in [3.05, 3.63) is 0 Å². The highest BCUT2D eigenvalue weighted by atomic mass is 16.2. The Hall–Kier alpha value is -0.570. The molecule has 2 rings (SSSR count). The largest absolute Gasteiger partial charge is 0.337 e. The summed E-state index contributed by atoms with van der Waals surface area (Å²) in [7, 11) is 0. The third-order valence-electron chi connectivity index (χ3n) is 4.17. The summed E-state index contributed by atoms with van der Waals surface area (Å²) < 4.78 is 0. The van der Waals surface area contributed by atoms with Crippen molar-refractivity contribution in [1.29, 1.82) is 0 Å². The first kappa shape index (κ1) is 12.9. The smallest absolute Gasteiger partial charge is 0.223 e. The minimum atomic E-state index is 0.408. The number of nitrogens with zero attached hydrogens (tertiary/aromatic N) is 1. The van der Waals surface area contributed by atoms with Gasteiger partial charge in [-0.25, -0.2) is 0 Å². The highest BCUT2D eigenvalue weighted by Crippen LogP contribution is 2.27. The summed E-state index contributed by atoms with van der Waals surface area (Å²) in [6, 6.07) is 0.478.